The first-order valence-electron chi connectivity index (χ1n) is 31.1. The SMILES string of the molecule is [2H]C([2H])([2H])c1cc(-n2c(-c3cc(C(C)(C)C)cc(C(C)(C)C)c3O)nc3c(-c4cc(-c5cc(-c6ccc(C(C([2H])([2H])[2H])(C([2H])([2H])[2H])C([2H])([2H])[2H])cc6)ccn5)cc(C(C)(C)C)c4)cccc32)c(-c2ccc(C(C)(C)C)cc2)cc1-c1ccccc1. The number of aryl methyl sites for hydroxylation is 1. The Morgan fingerprint density at radius 1 is 0.438 bits per heavy atom. The molecule has 9 rings (SSSR count). The molecule has 0 saturated carbocycles. The Bertz CT molecular complexity index is 3930. The van der Waals surface area contributed by atoms with E-state index in [4.69, 9.17) is 26.4 Å². The van der Waals surface area contributed by atoms with E-state index < -0.39 is 38.2 Å². The maximum absolute atomic E-state index is 12.8. The quantitative estimate of drug-likeness (QED) is 0.173. The molecule has 4 heteroatoms. The van der Waals surface area contributed by atoms with Gasteiger partial charge >= 0.3 is 0 Å². The minimum atomic E-state index is -3.40. The third kappa shape index (κ3) is 10.2. The number of fused-ring (bicyclic) bond motifs is 1. The molecule has 73 heavy (non-hydrogen) atoms. The van der Waals surface area contributed by atoms with Gasteiger partial charge in [-0.25, -0.2) is 4.98 Å². The van der Waals surface area contributed by atoms with Crippen LogP contribution in [0.25, 0.3) is 83.9 Å². The lowest BCUT2D eigenvalue weighted by Crippen LogP contribution is -2.17. The summed E-state index contributed by atoms with van der Waals surface area (Å²) < 4.78 is 104. The molecule has 0 aliphatic carbocycles. The Hall–Kier alpha value is -7.04. The number of rotatable bonds is 7. The van der Waals surface area contributed by atoms with E-state index in [9.17, 15) is 5.11 Å². The minimum absolute atomic E-state index is 0.0652. The summed E-state index contributed by atoms with van der Waals surface area (Å²) in [6.07, 6.45) is 1.66. The third-order valence-electron chi connectivity index (χ3n) is 14.1. The molecule has 4 nitrogen and oxygen atoms in total. The number of nitrogens with zero attached hydrogens (tertiary/aromatic N) is 3. The first kappa shape index (κ1) is 37.7. The van der Waals surface area contributed by atoms with Gasteiger partial charge in [-0.2, -0.15) is 0 Å². The molecular weight excluding hydrogens is 887 g/mol. The van der Waals surface area contributed by atoms with Crippen molar-refractivity contribution in [2.24, 2.45) is 0 Å². The lowest BCUT2D eigenvalue weighted by Gasteiger charge is -2.28. The molecule has 0 bridgehead atoms. The number of pyridine rings is 1. The summed E-state index contributed by atoms with van der Waals surface area (Å²) in [6.45, 7) is 12.7. The molecule has 0 aliphatic rings. The van der Waals surface area contributed by atoms with Crippen molar-refractivity contribution in [1.29, 1.82) is 0 Å². The van der Waals surface area contributed by atoms with Crippen molar-refractivity contribution in [2.45, 2.75) is 138 Å². The van der Waals surface area contributed by atoms with Gasteiger partial charge in [-0.05, 0) is 144 Å². The van der Waals surface area contributed by atoms with Gasteiger partial charge in [0.1, 0.15) is 11.6 Å². The van der Waals surface area contributed by atoms with Gasteiger partial charge in [0, 0.05) is 44.9 Å². The fraction of sp³-hybridized carbons (Fsp3) is 0.304. The predicted octanol–water partition coefficient (Wildman–Crippen LogP) is 18.9. The van der Waals surface area contributed by atoms with Crippen LogP contribution in [0.3, 0.4) is 0 Å². The maximum atomic E-state index is 12.8. The second-order valence-corrected chi connectivity index (χ2v) is 23.8. The Labute approximate surface area is 453 Å². The zero-order valence-corrected chi connectivity index (χ0v) is 44.3. The first-order chi connectivity index (χ1) is 39.1. The monoisotopic (exact) mass is 974 g/mol. The summed E-state index contributed by atoms with van der Waals surface area (Å²) in [6, 6.07) is 47.4. The van der Waals surface area contributed by atoms with Crippen LogP contribution in [0.15, 0.2) is 158 Å². The molecule has 2 aromatic heterocycles. The van der Waals surface area contributed by atoms with Crippen LogP contribution < -0.4 is 0 Å². The Kier molecular flexibility index (Phi) is 9.53. The van der Waals surface area contributed by atoms with Crippen molar-refractivity contribution in [3.05, 3.63) is 191 Å². The number of aromatic nitrogens is 3. The van der Waals surface area contributed by atoms with E-state index in [1.165, 1.54) is 12.1 Å². The molecule has 9 aromatic rings. The molecule has 7 aromatic carbocycles. The molecule has 0 fully saturated rings. The van der Waals surface area contributed by atoms with Crippen LogP contribution in [0.1, 0.15) is 153 Å². The number of hydrogen-bond donors (Lipinski definition) is 1. The fourth-order valence-electron chi connectivity index (χ4n) is 9.62. The second-order valence-electron chi connectivity index (χ2n) is 23.8. The van der Waals surface area contributed by atoms with E-state index in [0.29, 0.717) is 50.5 Å². The summed E-state index contributed by atoms with van der Waals surface area (Å²) in [5.41, 5.74) is 8.47. The highest BCUT2D eigenvalue weighted by Crippen LogP contribution is 2.47. The van der Waals surface area contributed by atoms with Crippen LogP contribution in [-0.4, -0.2) is 19.6 Å². The minimum Gasteiger partial charge on any atom is -0.507 e. The molecule has 0 saturated heterocycles. The molecule has 1 N–H and O–H groups in total. The average molecular weight is 974 g/mol. The van der Waals surface area contributed by atoms with Crippen molar-refractivity contribution in [1.82, 2.24) is 14.5 Å². The van der Waals surface area contributed by atoms with E-state index in [1.807, 2.05) is 77.4 Å². The molecular formula is C69H75N3O. The van der Waals surface area contributed by atoms with E-state index in [-0.39, 0.29) is 33.1 Å². The number of hydrogen-bond acceptors (Lipinski definition) is 3. The zero-order valence-electron chi connectivity index (χ0n) is 56.3. The Morgan fingerprint density at radius 2 is 1.04 bits per heavy atom. The van der Waals surface area contributed by atoms with Crippen LogP contribution in [-0.2, 0) is 27.1 Å². The predicted molar refractivity (Wildman–Crippen MR) is 311 cm³/mol. The van der Waals surface area contributed by atoms with E-state index in [1.54, 1.807) is 30.5 Å². The lowest BCUT2D eigenvalue weighted by molar-refractivity contribution is 0.446. The van der Waals surface area contributed by atoms with E-state index in [2.05, 4.69) is 126 Å². The van der Waals surface area contributed by atoms with Gasteiger partial charge in [0.15, 0.2) is 0 Å². The van der Waals surface area contributed by atoms with Crippen molar-refractivity contribution in [2.75, 3.05) is 0 Å². The number of benzene rings is 7. The highest BCUT2D eigenvalue weighted by molar-refractivity contribution is 5.98. The van der Waals surface area contributed by atoms with Gasteiger partial charge < -0.3 is 5.11 Å². The van der Waals surface area contributed by atoms with Crippen molar-refractivity contribution < 1.29 is 21.6 Å². The topological polar surface area (TPSA) is 50.9 Å². The van der Waals surface area contributed by atoms with Crippen molar-refractivity contribution in [3.8, 4) is 78.6 Å². The lowest BCUT2D eigenvalue weighted by atomic mass is 9.79. The van der Waals surface area contributed by atoms with E-state index in [0.717, 1.165) is 55.6 Å². The highest BCUT2D eigenvalue weighted by Gasteiger charge is 2.30. The number of phenols is 1. The van der Waals surface area contributed by atoms with Crippen molar-refractivity contribution >= 4 is 11.0 Å². The largest absolute Gasteiger partial charge is 0.507 e. The smallest absolute Gasteiger partial charge is 0.149 e. The second kappa shape index (κ2) is 18.5. The van der Waals surface area contributed by atoms with Crippen LogP contribution >= 0.6 is 0 Å². The van der Waals surface area contributed by atoms with Crippen LogP contribution in [0, 0.1) is 6.85 Å². The summed E-state index contributed by atoms with van der Waals surface area (Å²) in [5.74, 6) is 0.477. The van der Waals surface area contributed by atoms with Crippen LogP contribution in [0.4, 0.5) is 0 Å². The summed E-state index contributed by atoms with van der Waals surface area (Å²) >= 11 is 0. The summed E-state index contributed by atoms with van der Waals surface area (Å²) in [7, 11) is 0. The Balaban J connectivity index is 1.34. The van der Waals surface area contributed by atoms with Gasteiger partial charge in [-0.3, -0.25) is 9.55 Å². The van der Waals surface area contributed by atoms with Crippen LogP contribution in [0.5, 0.6) is 5.75 Å². The van der Waals surface area contributed by atoms with Gasteiger partial charge in [0.05, 0.1) is 28.0 Å². The molecule has 0 unspecified atom stereocenters. The standard InChI is InChI=1S/C69H75N3O/c1-43-35-61(56(42-55(43)45-21-18-17-19-22-45)46-27-31-51(32-28-46)66(5,6)7)72-60-24-20-23-54(62(60)71-64(72)57-40-53(68(11,12)13)41-58(63(57)73)69(14,15)16)48-36-49(38-52(37-48)67(8,9)10)59-39-47(33-34-70-59)44-25-29-50(30-26-44)65(2,3)4/h17-42,73H,1-16H3/i1D3,2D3,3D3,4D3. The average Bonchev–Trinajstić information content (AvgIpc) is 1.65. The fourth-order valence-corrected chi connectivity index (χ4v) is 9.62. The molecule has 372 valence electrons. The van der Waals surface area contributed by atoms with Gasteiger partial charge in [0.2, 0.25) is 0 Å². The molecule has 0 aliphatic heterocycles. The Morgan fingerprint density at radius 3 is 1.66 bits per heavy atom. The number of imidazole rings is 1. The maximum Gasteiger partial charge on any atom is 0.149 e. The number of phenolic OH excluding ortho intramolecular Hbond substituents is 1. The van der Waals surface area contributed by atoms with E-state index >= 15 is 0 Å². The van der Waals surface area contributed by atoms with Gasteiger partial charge in [0.25, 0.3) is 0 Å². The van der Waals surface area contributed by atoms with Crippen molar-refractivity contribution in [3.63, 3.8) is 0 Å². The molecule has 0 radical (unpaired) electrons. The number of para-hydroxylation sites is 1. The first-order valence-corrected chi connectivity index (χ1v) is 25.1. The molecule has 2 heterocycles. The molecule has 0 atom stereocenters. The highest BCUT2D eigenvalue weighted by atomic mass is 16.3. The van der Waals surface area contributed by atoms with Crippen LogP contribution in [0.2, 0.25) is 0 Å². The molecule has 0 amide bonds. The summed E-state index contributed by atoms with van der Waals surface area (Å²) in [4.78, 5) is 10.5. The molecule has 0 spiro atoms. The third-order valence-corrected chi connectivity index (χ3v) is 14.1. The zero-order chi connectivity index (χ0) is 62.6. The normalized spacial score (nSPS) is 15.8. The van der Waals surface area contributed by atoms with Gasteiger partial charge in [-0.1, -0.05) is 207 Å². The van der Waals surface area contributed by atoms with Gasteiger partial charge in [-0.15, -0.1) is 0 Å². The summed E-state index contributed by atoms with van der Waals surface area (Å²) in [5, 5.41) is 12.8. The number of aromatic hydroxyl groups is 1.